The number of carbonyl (C=O) groups is 2. The molecule has 0 aliphatic carbocycles. The van der Waals surface area contributed by atoms with E-state index in [2.05, 4.69) is 13.8 Å². The summed E-state index contributed by atoms with van der Waals surface area (Å²) in [5, 5.41) is 0. The van der Waals surface area contributed by atoms with Crippen LogP contribution < -0.4 is 0 Å². The summed E-state index contributed by atoms with van der Waals surface area (Å²) >= 11 is 0. The molecule has 0 aliphatic rings. The van der Waals surface area contributed by atoms with Gasteiger partial charge in [0.25, 0.3) is 0 Å². The van der Waals surface area contributed by atoms with Gasteiger partial charge in [-0.3, -0.25) is 0 Å². The quantitative estimate of drug-likeness (QED) is 0.123. The van der Waals surface area contributed by atoms with E-state index in [0.29, 0.717) is 0 Å². The van der Waals surface area contributed by atoms with Gasteiger partial charge in [0.15, 0.2) is 0 Å². The molecule has 0 aliphatic heterocycles. The molecule has 0 heterocycles. The van der Waals surface area contributed by atoms with Crippen LogP contribution in [0.3, 0.4) is 0 Å². The largest absolute Gasteiger partial charge is 0.811 e. The smallest absolute Gasteiger partial charge is 0.247 e. The van der Waals surface area contributed by atoms with E-state index in [0.717, 1.165) is 38.5 Å². The third kappa shape index (κ3) is 21.7. The van der Waals surface area contributed by atoms with E-state index in [4.69, 9.17) is 9.05 Å². The van der Waals surface area contributed by atoms with Crippen LogP contribution in [0.2, 0.25) is 0 Å². The minimum Gasteiger partial charge on any atom is -0.247 e. The van der Waals surface area contributed by atoms with Gasteiger partial charge >= 0.3 is 20.2 Å². The zero-order valence-corrected chi connectivity index (χ0v) is 20.5. The molecule has 0 bridgehead atoms. The molecule has 0 N–H and O–H groups in total. The molecule has 30 heavy (non-hydrogen) atoms. The van der Waals surface area contributed by atoms with Crippen molar-refractivity contribution in [3.63, 3.8) is 0 Å². The van der Waals surface area contributed by atoms with Gasteiger partial charge in [-0.15, -0.1) is 0 Å². The van der Waals surface area contributed by atoms with Crippen molar-refractivity contribution in [2.75, 3.05) is 0 Å². The molecule has 5 nitrogen and oxygen atoms in total. The maximum absolute atomic E-state index is 11.7. The van der Waals surface area contributed by atoms with E-state index in [1.165, 1.54) is 77.0 Å². The molecule has 0 rings (SSSR count). The fourth-order valence-corrected chi connectivity index (χ4v) is 3.99. The Labute approximate surface area is 186 Å². The molecule has 0 amide bonds. The first-order chi connectivity index (χ1) is 14.6. The van der Waals surface area contributed by atoms with Gasteiger partial charge in [-0.1, -0.05) is 117 Å². The highest BCUT2D eigenvalue weighted by molar-refractivity contribution is 7.34. The van der Waals surface area contributed by atoms with Crippen LogP contribution in [0, 0.1) is 0 Å². The second-order valence-corrected chi connectivity index (χ2v) is 9.12. The van der Waals surface area contributed by atoms with E-state index in [1.807, 2.05) is 0 Å². The summed E-state index contributed by atoms with van der Waals surface area (Å²) in [5.41, 5.74) is 0. The highest BCUT2D eigenvalue weighted by Crippen LogP contribution is 2.26. The Hall–Kier alpha value is -0.960. The van der Waals surface area contributed by atoms with Crippen molar-refractivity contribution in [1.29, 1.82) is 0 Å². The van der Waals surface area contributed by atoms with Crippen LogP contribution in [-0.2, 0) is 23.2 Å². The second-order valence-electron chi connectivity index (χ2n) is 8.31. The SMILES string of the molecule is CCCCCCCCCCCC(=O)O[P+](=O)OC(=O)CCCCCCCCCCC. The fourth-order valence-electron chi connectivity index (χ4n) is 3.44. The predicted molar refractivity (Wildman–Crippen MR) is 123 cm³/mol. The minimum absolute atomic E-state index is 0.229. The van der Waals surface area contributed by atoms with Gasteiger partial charge in [0.1, 0.15) is 0 Å². The van der Waals surface area contributed by atoms with Crippen molar-refractivity contribution in [2.45, 2.75) is 142 Å². The summed E-state index contributed by atoms with van der Waals surface area (Å²) in [5.74, 6) is -1.09. The summed E-state index contributed by atoms with van der Waals surface area (Å²) in [6.45, 7) is 4.43. The van der Waals surface area contributed by atoms with Crippen LogP contribution in [0.4, 0.5) is 0 Å². The standard InChI is InChI=1S/C24H46O5P/c1-3-5-7-9-11-13-15-17-19-21-23(25)28-30(27)29-24(26)22-20-18-16-14-12-10-8-6-4-2/h3-22H2,1-2H3/q+1. The number of carbonyl (C=O) groups excluding carboxylic acids is 2. The third-order valence-corrected chi connectivity index (χ3v) is 6.03. The number of rotatable bonds is 22. The first kappa shape index (κ1) is 29.0. The van der Waals surface area contributed by atoms with Crippen molar-refractivity contribution in [3.8, 4) is 0 Å². The van der Waals surface area contributed by atoms with Crippen LogP contribution in [0.1, 0.15) is 142 Å². The molecule has 0 spiro atoms. The molecular formula is C24H46O5P+. The molecule has 0 aromatic rings. The van der Waals surface area contributed by atoms with Crippen LogP contribution in [0.25, 0.3) is 0 Å². The van der Waals surface area contributed by atoms with Gasteiger partial charge in [-0.25, -0.2) is 9.59 Å². The number of hydrogen-bond acceptors (Lipinski definition) is 5. The average molecular weight is 446 g/mol. The summed E-state index contributed by atoms with van der Waals surface area (Å²) in [4.78, 5) is 23.3. The van der Waals surface area contributed by atoms with Crippen LogP contribution >= 0.6 is 8.25 Å². The predicted octanol–water partition coefficient (Wildman–Crippen LogP) is 8.57. The molecule has 0 aromatic carbocycles. The van der Waals surface area contributed by atoms with E-state index in [-0.39, 0.29) is 12.8 Å². The van der Waals surface area contributed by atoms with Crippen LogP contribution in [0.5, 0.6) is 0 Å². The van der Waals surface area contributed by atoms with Gasteiger partial charge < -0.3 is 0 Å². The van der Waals surface area contributed by atoms with Crippen molar-refractivity contribution < 1.29 is 23.2 Å². The molecule has 0 saturated carbocycles. The molecule has 0 aromatic heterocycles. The Kier molecular flexibility index (Phi) is 22.0. The molecule has 0 saturated heterocycles. The number of hydrogen-bond donors (Lipinski definition) is 0. The Morgan fingerprint density at radius 2 is 0.767 bits per heavy atom. The lowest BCUT2D eigenvalue weighted by molar-refractivity contribution is -0.138. The van der Waals surface area contributed by atoms with Crippen LogP contribution in [-0.4, -0.2) is 11.9 Å². The maximum Gasteiger partial charge on any atom is 0.811 e. The Bertz CT molecular complexity index is 401. The third-order valence-electron chi connectivity index (χ3n) is 5.32. The summed E-state index contributed by atoms with van der Waals surface area (Å²) < 4.78 is 21.1. The molecule has 0 fully saturated rings. The maximum atomic E-state index is 11.7. The Morgan fingerprint density at radius 1 is 0.500 bits per heavy atom. The zero-order valence-electron chi connectivity index (χ0n) is 19.6. The van der Waals surface area contributed by atoms with Crippen molar-refractivity contribution >= 4 is 20.2 Å². The van der Waals surface area contributed by atoms with E-state index < -0.39 is 20.2 Å². The lowest BCUT2D eigenvalue weighted by Crippen LogP contribution is -2.03. The Morgan fingerprint density at radius 3 is 1.07 bits per heavy atom. The van der Waals surface area contributed by atoms with E-state index >= 15 is 0 Å². The topological polar surface area (TPSA) is 69.7 Å². The molecule has 176 valence electrons. The van der Waals surface area contributed by atoms with Gasteiger partial charge in [-0.2, -0.15) is 9.05 Å². The first-order valence-corrected chi connectivity index (χ1v) is 13.6. The highest BCUT2D eigenvalue weighted by Gasteiger charge is 2.30. The van der Waals surface area contributed by atoms with Crippen LogP contribution in [0.15, 0.2) is 0 Å². The zero-order chi connectivity index (χ0) is 22.3. The molecule has 0 radical (unpaired) electrons. The highest BCUT2D eigenvalue weighted by atomic mass is 31.1. The lowest BCUT2D eigenvalue weighted by atomic mass is 10.1. The summed E-state index contributed by atoms with van der Waals surface area (Å²) in [6, 6.07) is 0. The van der Waals surface area contributed by atoms with Crippen molar-refractivity contribution in [1.82, 2.24) is 0 Å². The van der Waals surface area contributed by atoms with Crippen molar-refractivity contribution in [3.05, 3.63) is 0 Å². The average Bonchev–Trinajstić information content (AvgIpc) is 2.71. The summed E-state index contributed by atoms with van der Waals surface area (Å²) in [7, 11) is -2.68. The number of unbranched alkanes of at least 4 members (excludes halogenated alkanes) is 16. The normalized spacial score (nSPS) is 10.7. The van der Waals surface area contributed by atoms with Gasteiger partial charge in [-0.05, 0) is 12.8 Å². The molecule has 0 unspecified atom stereocenters. The molecule has 6 heteroatoms. The summed E-state index contributed by atoms with van der Waals surface area (Å²) in [6.07, 6.45) is 21.3. The lowest BCUT2D eigenvalue weighted by Gasteiger charge is -2.01. The molecular weight excluding hydrogens is 399 g/mol. The van der Waals surface area contributed by atoms with Gasteiger partial charge in [0.2, 0.25) is 0 Å². The minimum atomic E-state index is -2.68. The van der Waals surface area contributed by atoms with Gasteiger partial charge in [0, 0.05) is 4.57 Å². The van der Waals surface area contributed by atoms with Gasteiger partial charge in [0.05, 0.1) is 12.8 Å². The van der Waals surface area contributed by atoms with E-state index in [1.54, 1.807) is 0 Å². The van der Waals surface area contributed by atoms with E-state index in [9.17, 15) is 14.2 Å². The van der Waals surface area contributed by atoms with Crippen molar-refractivity contribution in [2.24, 2.45) is 0 Å². The fraction of sp³-hybridized carbons (Fsp3) is 0.917. The second kappa shape index (κ2) is 22.7. The molecule has 0 atom stereocenters. The first-order valence-electron chi connectivity index (χ1n) is 12.5. The Balaban J connectivity index is 3.50. The monoisotopic (exact) mass is 445 g/mol.